The third kappa shape index (κ3) is 9.75. The van der Waals surface area contributed by atoms with E-state index in [1.165, 1.54) is 11.0 Å². The van der Waals surface area contributed by atoms with Crippen LogP contribution in [-0.2, 0) is 24.9 Å². The van der Waals surface area contributed by atoms with Crippen LogP contribution >= 0.6 is 11.6 Å². The van der Waals surface area contributed by atoms with E-state index in [4.69, 9.17) is 25.6 Å². The smallest absolute Gasteiger partial charge is 0.430 e. The van der Waals surface area contributed by atoms with Gasteiger partial charge in [-0.05, 0) is 59.7 Å². The fraction of sp³-hybridized carbons (Fsp3) is 0.485. The minimum atomic E-state index is -4.96. The lowest BCUT2D eigenvalue weighted by Gasteiger charge is -2.28. The summed E-state index contributed by atoms with van der Waals surface area (Å²) >= 11 is 6.55. The number of rotatable bonds is 9. The average Bonchev–Trinajstić information content (AvgIpc) is 3.41. The summed E-state index contributed by atoms with van der Waals surface area (Å²) in [5, 5.41) is 6.73. The molecular formula is C33H45ClFN5O7S. The van der Waals surface area contributed by atoms with E-state index in [-0.39, 0.29) is 15.0 Å². The van der Waals surface area contributed by atoms with Crippen molar-refractivity contribution in [1.29, 1.82) is 0 Å². The summed E-state index contributed by atoms with van der Waals surface area (Å²) < 4.78 is 60.0. The molecule has 1 aromatic heterocycles. The van der Waals surface area contributed by atoms with Crippen molar-refractivity contribution in [1.82, 2.24) is 10.1 Å². The molecule has 2 aromatic carbocycles. The molecule has 0 atom stereocenters. The number of sulfonamides is 1. The van der Waals surface area contributed by atoms with Crippen molar-refractivity contribution in [2.24, 2.45) is 0 Å². The number of benzene rings is 2. The number of nitrogens with one attached hydrogen (secondary N) is 1. The van der Waals surface area contributed by atoms with Crippen molar-refractivity contribution in [2.75, 3.05) is 41.7 Å². The summed E-state index contributed by atoms with van der Waals surface area (Å²) in [6, 6.07) is 10.3. The molecule has 0 aliphatic rings. The number of ether oxygens (including phenoxy) is 2. The Hall–Kier alpha value is -4.04. The molecule has 0 radical (unpaired) electrons. The molecule has 0 saturated heterocycles. The van der Waals surface area contributed by atoms with Crippen LogP contribution in [0.2, 0.25) is 5.02 Å². The van der Waals surface area contributed by atoms with Gasteiger partial charge in [0.1, 0.15) is 27.7 Å². The van der Waals surface area contributed by atoms with E-state index in [1.807, 2.05) is 44.9 Å². The molecule has 0 saturated carbocycles. The molecule has 15 heteroatoms. The van der Waals surface area contributed by atoms with Gasteiger partial charge in [0.25, 0.3) is 10.0 Å². The molecule has 0 aliphatic carbocycles. The van der Waals surface area contributed by atoms with Gasteiger partial charge in [0.15, 0.2) is 5.82 Å². The van der Waals surface area contributed by atoms with Gasteiger partial charge in [0, 0.05) is 44.7 Å². The Morgan fingerprint density at radius 3 is 2.04 bits per heavy atom. The van der Waals surface area contributed by atoms with E-state index in [2.05, 4.69) is 10.5 Å². The predicted molar refractivity (Wildman–Crippen MR) is 184 cm³/mol. The van der Waals surface area contributed by atoms with Crippen LogP contribution in [0.15, 0.2) is 51.9 Å². The fourth-order valence-electron chi connectivity index (χ4n) is 4.16. The Bertz CT molecular complexity index is 1740. The van der Waals surface area contributed by atoms with E-state index >= 15 is 4.39 Å². The van der Waals surface area contributed by atoms with Crippen LogP contribution in [-0.4, -0.2) is 69.0 Å². The molecule has 48 heavy (non-hydrogen) atoms. The standard InChI is InChI=1S/C33H45ClFN5O7S/c1-31(2,3)27-20-28(37-47-27)40(30(42)46-33(7,8)9)48(43,44)26-18-21(34)24(19-22(26)35)36-23-14-12-13-15-25(23)38(10)16-17-39(11)29(41)45-32(4,5)6/h12-15,18-20,36H,16-17H2,1-11H3. The van der Waals surface area contributed by atoms with Gasteiger partial charge in [0.2, 0.25) is 0 Å². The molecule has 2 amide bonds. The van der Waals surface area contributed by atoms with E-state index in [0.717, 1.165) is 12.1 Å². The number of amides is 2. The first-order valence-electron chi connectivity index (χ1n) is 15.2. The van der Waals surface area contributed by atoms with E-state index < -0.39 is 55.4 Å². The summed E-state index contributed by atoms with van der Waals surface area (Å²) in [6.45, 7) is 16.3. The van der Waals surface area contributed by atoms with Gasteiger partial charge in [-0.1, -0.05) is 49.7 Å². The van der Waals surface area contributed by atoms with Crippen LogP contribution in [0.3, 0.4) is 0 Å². The Morgan fingerprint density at radius 2 is 1.48 bits per heavy atom. The highest BCUT2D eigenvalue weighted by Gasteiger charge is 2.39. The maximum Gasteiger partial charge on any atom is 0.430 e. The normalized spacial score (nSPS) is 12.4. The van der Waals surface area contributed by atoms with Crippen molar-refractivity contribution >= 4 is 56.7 Å². The number of para-hydroxylation sites is 2. The van der Waals surface area contributed by atoms with E-state index in [0.29, 0.717) is 30.2 Å². The summed E-state index contributed by atoms with van der Waals surface area (Å²) in [7, 11) is -1.50. The summed E-state index contributed by atoms with van der Waals surface area (Å²) in [5.74, 6) is -1.29. The molecule has 264 valence electrons. The molecular weight excluding hydrogens is 665 g/mol. The second-order valence-electron chi connectivity index (χ2n) is 14.3. The third-order valence-electron chi connectivity index (χ3n) is 6.60. The van der Waals surface area contributed by atoms with Gasteiger partial charge in [-0.25, -0.2) is 22.4 Å². The maximum absolute atomic E-state index is 15.8. The minimum absolute atomic E-state index is 0.0695. The van der Waals surface area contributed by atoms with Crippen LogP contribution in [0, 0.1) is 5.82 Å². The first-order chi connectivity index (χ1) is 21.9. The monoisotopic (exact) mass is 709 g/mol. The fourth-order valence-corrected chi connectivity index (χ4v) is 5.77. The number of carbonyl (C=O) groups excluding carboxylic acids is 2. The summed E-state index contributed by atoms with van der Waals surface area (Å²) in [6.07, 6.45) is -1.76. The van der Waals surface area contributed by atoms with Crippen LogP contribution in [0.5, 0.6) is 0 Å². The molecule has 0 spiro atoms. The molecule has 1 heterocycles. The van der Waals surface area contributed by atoms with Gasteiger partial charge in [-0.3, -0.25) is 0 Å². The van der Waals surface area contributed by atoms with Gasteiger partial charge in [-0.15, -0.1) is 4.31 Å². The Morgan fingerprint density at radius 1 is 0.896 bits per heavy atom. The van der Waals surface area contributed by atoms with Crippen LogP contribution in [0.4, 0.5) is 36.9 Å². The van der Waals surface area contributed by atoms with E-state index in [1.54, 1.807) is 60.7 Å². The number of nitrogens with zero attached hydrogens (tertiary/aromatic N) is 4. The summed E-state index contributed by atoms with van der Waals surface area (Å²) in [4.78, 5) is 28.1. The van der Waals surface area contributed by atoms with Crippen molar-refractivity contribution < 1.29 is 36.4 Å². The topological polar surface area (TPSA) is 135 Å². The molecule has 0 unspecified atom stereocenters. The number of anilines is 4. The van der Waals surface area contributed by atoms with Crippen molar-refractivity contribution in [2.45, 2.75) is 83.8 Å². The molecule has 0 aliphatic heterocycles. The number of hydrogen-bond donors (Lipinski definition) is 1. The van der Waals surface area contributed by atoms with Gasteiger partial charge >= 0.3 is 12.2 Å². The van der Waals surface area contributed by atoms with Crippen LogP contribution < -0.4 is 14.5 Å². The molecule has 3 aromatic rings. The number of aromatic nitrogens is 1. The lowest BCUT2D eigenvalue weighted by molar-refractivity contribution is 0.0303. The number of halogens is 2. The van der Waals surface area contributed by atoms with Crippen LogP contribution in [0.1, 0.15) is 68.1 Å². The zero-order chi connectivity index (χ0) is 36.4. The Labute approximate surface area is 287 Å². The SMILES string of the molecule is CN(CCN(C)c1ccccc1Nc1cc(F)c(S(=O)(=O)N(C(=O)OC(C)(C)C)c2cc(C(C)(C)C)on2)cc1Cl)C(=O)OC(C)(C)C. The Balaban J connectivity index is 1.94. The van der Waals surface area contributed by atoms with E-state index in [9.17, 15) is 18.0 Å². The molecule has 12 nitrogen and oxygen atoms in total. The van der Waals surface area contributed by atoms with Gasteiger partial charge in [0.05, 0.1) is 22.1 Å². The van der Waals surface area contributed by atoms with Crippen molar-refractivity contribution in [3.05, 3.63) is 59.1 Å². The highest BCUT2D eigenvalue weighted by molar-refractivity contribution is 7.93. The quantitative estimate of drug-likeness (QED) is 0.233. The average molecular weight is 710 g/mol. The number of hydrogen-bond acceptors (Lipinski definition) is 10. The zero-order valence-corrected chi connectivity index (χ0v) is 30.8. The van der Waals surface area contributed by atoms with Crippen molar-refractivity contribution in [3.8, 4) is 0 Å². The lowest BCUT2D eigenvalue weighted by Crippen LogP contribution is -2.41. The van der Waals surface area contributed by atoms with Gasteiger partial charge < -0.3 is 29.1 Å². The largest absolute Gasteiger partial charge is 0.444 e. The minimum Gasteiger partial charge on any atom is -0.444 e. The van der Waals surface area contributed by atoms with Gasteiger partial charge in [-0.2, -0.15) is 0 Å². The lowest BCUT2D eigenvalue weighted by atomic mass is 9.93. The zero-order valence-electron chi connectivity index (χ0n) is 29.3. The predicted octanol–water partition coefficient (Wildman–Crippen LogP) is 7.94. The number of carbonyl (C=O) groups is 2. The second-order valence-corrected chi connectivity index (χ2v) is 16.4. The summed E-state index contributed by atoms with van der Waals surface area (Å²) in [5.41, 5.74) is -0.993. The molecule has 1 N–H and O–H groups in total. The maximum atomic E-state index is 15.8. The van der Waals surface area contributed by atoms with Crippen molar-refractivity contribution in [3.63, 3.8) is 0 Å². The molecule has 3 rings (SSSR count). The first-order valence-corrected chi connectivity index (χ1v) is 17.0. The first kappa shape index (κ1) is 38.4. The molecule has 0 fully saturated rings. The third-order valence-corrected chi connectivity index (χ3v) is 8.60. The highest BCUT2D eigenvalue weighted by atomic mass is 35.5. The number of likely N-dealkylation sites (N-methyl/N-ethyl adjacent to an activating group) is 2. The molecule has 0 bridgehead atoms. The second kappa shape index (κ2) is 14.2. The Kier molecular flexibility index (Phi) is 11.4. The van der Waals surface area contributed by atoms with Crippen LogP contribution in [0.25, 0.3) is 0 Å². The highest BCUT2D eigenvalue weighted by Crippen LogP contribution is 2.37.